The lowest BCUT2D eigenvalue weighted by Gasteiger charge is -2.16. The lowest BCUT2D eigenvalue weighted by atomic mass is 10.1. The molecule has 0 radical (unpaired) electrons. The van der Waals surface area contributed by atoms with E-state index in [0.717, 1.165) is 29.7 Å². The molecule has 1 aliphatic heterocycles. The fourth-order valence-corrected chi connectivity index (χ4v) is 4.68. The number of nitrogens with one attached hydrogen (secondary N) is 1. The number of benzene rings is 2. The van der Waals surface area contributed by atoms with Crippen LogP contribution in [0.1, 0.15) is 24.0 Å². The molecular formula is C23H24ClN3O3S. The number of fused-ring (bicyclic) bond motifs is 1. The van der Waals surface area contributed by atoms with E-state index in [1.807, 2.05) is 32.0 Å². The van der Waals surface area contributed by atoms with Crippen molar-refractivity contribution in [3.63, 3.8) is 0 Å². The SMILES string of the molecule is Cc1ccc(NC(=O)CSc2nc3cc(Cl)ccc3c(=O)n2CC2CCCO2)c(C)c1. The molecule has 31 heavy (non-hydrogen) atoms. The Labute approximate surface area is 190 Å². The van der Waals surface area contributed by atoms with E-state index in [2.05, 4.69) is 10.3 Å². The number of hydrogen-bond donors (Lipinski definition) is 1. The summed E-state index contributed by atoms with van der Waals surface area (Å²) in [6.07, 6.45) is 1.87. The Morgan fingerprint density at radius 2 is 2.13 bits per heavy atom. The van der Waals surface area contributed by atoms with E-state index < -0.39 is 0 Å². The Bertz CT molecular complexity index is 1190. The third kappa shape index (κ3) is 5.11. The van der Waals surface area contributed by atoms with E-state index in [9.17, 15) is 9.59 Å². The Balaban J connectivity index is 1.58. The van der Waals surface area contributed by atoms with Gasteiger partial charge in [-0.05, 0) is 56.5 Å². The molecule has 1 unspecified atom stereocenters. The van der Waals surface area contributed by atoms with E-state index in [-0.39, 0.29) is 23.3 Å². The van der Waals surface area contributed by atoms with Crippen molar-refractivity contribution in [3.05, 3.63) is 62.9 Å². The normalized spacial score (nSPS) is 16.0. The first-order valence-corrected chi connectivity index (χ1v) is 11.6. The van der Waals surface area contributed by atoms with Gasteiger partial charge in [0, 0.05) is 17.3 Å². The summed E-state index contributed by atoms with van der Waals surface area (Å²) in [6.45, 7) is 5.10. The molecule has 1 atom stereocenters. The first kappa shape index (κ1) is 21.9. The second-order valence-electron chi connectivity index (χ2n) is 7.76. The average molecular weight is 458 g/mol. The molecule has 2 heterocycles. The van der Waals surface area contributed by atoms with Crippen molar-refractivity contribution in [2.75, 3.05) is 17.7 Å². The molecule has 3 aromatic rings. The van der Waals surface area contributed by atoms with E-state index >= 15 is 0 Å². The van der Waals surface area contributed by atoms with Crippen LogP contribution in [0.2, 0.25) is 5.02 Å². The van der Waals surface area contributed by atoms with E-state index in [1.165, 1.54) is 11.8 Å². The Morgan fingerprint density at radius 1 is 1.29 bits per heavy atom. The van der Waals surface area contributed by atoms with Gasteiger partial charge >= 0.3 is 0 Å². The zero-order chi connectivity index (χ0) is 22.0. The summed E-state index contributed by atoms with van der Waals surface area (Å²) in [6, 6.07) is 10.9. The number of aryl methyl sites for hydroxylation is 2. The molecule has 162 valence electrons. The molecule has 6 nitrogen and oxygen atoms in total. The van der Waals surface area contributed by atoms with Gasteiger partial charge in [-0.3, -0.25) is 14.2 Å². The number of nitrogens with zero attached hydrogens (tertiary/aromatic N) is 2. The van der Waals surface area contributed by atoms with Gasteiger partial charge in [0.25, 0.3) is 5.56 Å². The predicted molar refractivity (Wildman–Crippen MR) is 125 cm³/mol. The Kier molecular flexibility index (Phi) is 6.65. The fourth-order valence-electron chi connectivity index (χ4n) is 3.71. The molecule has 1 N–H and O–H groups in total. The lowest BCUT2D eigenvalue weighted by molar-refractivity contribution is -0.113. The van der Waals surface area contributed by atoms with Crippen molar-refractivity contribution in [2.45, 2.75) is 44.5 Å². The lowest BCUT2D eigenvalue weighted by Crippen LogP contribution is -2.29. The molecule has 8 heteroatoms. The van der Waals surface area contributed by atoms with E-state index in [1.54, 1.807) is 22.8 Å². The van der Waals surface area contributed by atoms with Gasteiger partial charge in [-0.15, -0.1) is 0 Å². The van der Waals surface area contributed by atoms with Crippen molar-refractivity contribution >= 4 is 45.9 Å². The van der Waals surface area contributed by atoms with Crippen LogP contribution in [0, 0.1) is 13.8 Å². The predicted octanol–water partition coefficient (Wildman–Crippen LogP) is 4.58. The highest BCUT2D eigenvalue weighted by atomic mass is 35.5. The van der Waals surface area contributed by atoms with Gasteiger partial charge in [-0.1, -0.05) is 41.1 Å². The summed E-state index contributed by atoms with van der Waals surface area (Å²) >= 11 is 7.35. The van der Waals surface area contributed by atoms with Crippen LogP contribution in [0.15, 0.2) is 46.3 Å². The number of carbonyl (C=O) groups is 1. The number of amides is 1. The number of rotatable bonds is 6. The second-order valence-corrected chi connectivity index (χ2v) is 9.14. The summed E-state index contributed by atoms with van der Waals surface area (Å²) in [5, 5.41) is 4.45. The minimum atomic E-state index is -0.152. The third-order valence-corrected chi connectivity index (χ3v) is 6.49. The van der Waals surface area contributed by atoms with Crippen molar-refractivity contribution < 1.29 is 9.53 Å². The highest BCUT2D eigenvalue weighted by Crippen LogP contribution is 2.23. The zero-order valence-corrected chi connectivity index (χ0v) is 19.1. The molecule has 2 aromatic carbocycles. The van der Waals surface area contributed by atoms with Crippen molar-refractivity contribution in [1.82, 2.24) is 9.55 Å². The summed E-state index contributed by atoms with van der Waals surface area (Å²) in [4.78, 5) is 30.4. The molecule has 0 bridgehead atoms. The average Bonchev–Trinajstić information content (AvgIpc) is 3.24. The molecular weight excluding hydrogens is 434 g/mol. The molecule has 0 aliphatic carbocycles. The number of aromatic nitrogens is 2. The molecule has 0 spiro atoms. The monoisotopic (exact) mass is 457 g/mol. The maximum atomic E-state index is 13.2. The van der Waals surface area contributed by atoms with Crippen molar-refractivity contribution in [1.29, 1.82) is 0 Å². The second kappa shape index (κ2) is 9.42. The number of anilines is 1. The molecule has 1 saturated heterocycles. The summed E-state index contributed by atoms with van der Waals surface area (Å²) < 4.78 is 7.35. The van der Waals surface area contributed by atoms with Gasteiger partial charge in [0.05, 0.1) is 29.3 Å². The number of halogens is 1. The first-order valence-electron chi connectivity index (χ1n) is 10.2. The van der Waals surface area contributed by atoms with Crippen LogP contribution in [0.25, 0.3) is 10.9 Å². The molecule has 1 aliphatic rings. The largest absolute Gasteiger partial charge is 0.376 e. The zero-order valence-electron chi connectivity index (χ0n) is 17.5. The third-order valence-electron chi connectivity index (χ3n) is 5.28. The molecule has 1 fully saturated rings. The molecule has 0 saturated carbocycles. The van der Waals surface area contributed by atoms with Gasteiger partial charge in [0.15, 0.2) is 5.16 Å². The van der Waals surface area contributed by atoms with E-state index in [0.29, 0.717) is 34.2 Å². The minimum Gasteiger partial charge on any atom is -0.376 e. The smallest absolute Gasteiger partial charge is 0.262 e. The Hall–Kier alpha value is -2.35. The molecule has 1 aromatic heterocycles. The quantitative estimate of drug-likeness (QED) is 0.433. The van der Waals surface area contributed by atoms with Crippen LogP contribution in [0.4, 0.5) is 5.69 Å². The number of ether oxygens (including phenoxy) is 1. The fraction of sp³-hybridized carbons (Fsp3) is 0.348. The van der Waals surface area contributed by atoms with Gasteiger partial charge in [-0.25, -0.2) is 4.98 Å². The maximum absolute atomic E-state index is 13.2. The van der Waals surface area contributed by atoms with Crippen LogP contribution >= 0.6 is 23.4 Å². The summed E-state index contributed by atoms with van der Waals surface area (Å²) in [5.41, 5.74) is 3.31. The number of carbonyl (C=O) groups excluding carboxylic acids is 1. The highest BCUT2D eigenvalue weighted by molar-refractivity contribution is 7.99. The maximum Gasteiger partial charge on any atom is 0.262 e. The van der Waals surface area contributed by atoms with Crippen LogP contribution in [-0.4, -0.2) is 33.9 Å². The molecule has 1 amide bonds. The van der Waals surface area contributed by atoms with Crippen LogP contribution in [0.3, 0.4) is 0 Å². The minimum absolute atomic E-state index is 0.0207. The highest BCUT2D eigenvalue weighted by Gasteiger charge is 2.21. The van der Waals surface area contributed by atoms with Gasteiger partial charge in [0.2, 0.25) is 5.91 Å². The standard InChI is InChI=1S/C23H24ClN3O3S/c1-14-5-8-19(15(2)10-14)25-21(28)13-31-23-26-20-11-16(24)6-7-18(20)22(29)27(23)12-17-4-3-9-30-17/h5-8,10-11,17H,3-4,9,12-13H2,1-2H3,(H,25,28). The first-order chi connectivity index (χ1) is 14.9. The molecule has 4 rings (SSSR count). The van der Waals surface area contributed by atoms with Crippen molar-refractivity contribution in [3.8, 4) is 0 Å². The topological polar surface area (TPSA) is 73.2 Å². The van der Waals surface area contributed by atoms with Gasteiger partial charge < -0.3 is 10.1 Å². The van der Waals surface area contributed by atoms with Crippen LogP contribution in [0.5, 0.6) is 0 Å². The summed E-state index contributed by atoms with van der Waals surface area (Å²) in [7, 11) is 0. The van der Waals surface area contributed by atoms with Crippen LogP contribution < -0.4 is 10.9 Å². The van der Waals surface area contributed by atoms with Crippen LogP contribution in [-0.2, 0) is 16.1 Å². The Morgan fingerprint density at radius 3 is 2.87 bits per heavy atom. The van der Waals surface area contributed by atoms with E-state index in [4.69, 9.17) is 16.3 Å². The summed E-state index contributed by atoms with van der Waals surface area (Å²) in [5.74, 6) is -0.0155. The van der Waals surface area contributed by atoms with Crippen molar-refractivity contribution in [2.24, 2.45) is 0 Å². The van der Waals surface area contributed by atoms with Gasteiger partial charge in [0.1, 0.15) is 0 Å². The van der Waals surface area contributed by atoms with Gasteiger partial charge in [-0.2, -0.15) is 0 Å². The number of hydrogen-bond acceptors (Lipinski definition) is 5. The number of thioether (sulfide) groups is 1.